The second-order valence-electron chi connectivity index (χ2n) is 3.98. The van der Waals surface area contributed by atoms with Gasteiger partial charge >= 0.3 is 5.97 Å². The molecule has 0 spiro atoms. The summed E-state index contributed by atoms with van der Waals surface area (Å²) in [5.41, 5.74) is 0.830. The van der Waals surface area contributed by atoms with E-state index in [0.29, 0.717) is 6.04 Å². The summed E-state index contributed by atoms with van der Waals surface area (Å²) < 4.78 is 0. The number of benzene rings is 1. The second-order valence-corrected chi connectivity index (χ2v) is 3.98. The van der Waals surface area contributed by atoms with Gasteiger partial charge in [0.2, 0.25) is 0 Å². The van der Waals surface area contributed by atoms with Gasteiger partial charge in [-0.3, -0.25) is 10.1 Å². The zero-order valence-corrected chi connectivity index (χ0v) is 8.52. The van der Waals surface area contributed by atoms with Crippen LogP contribution in [0.1, 0.15) is 30.9 Å². The van der Waals surface area contributed by atoms with Crippen molar-refractivity contribution in [1.82, 2.24) is 5.32 Å². The molecule has 0 amide bonds. The van der Waals surface area contributed by atoms with E-state index in [-0.39, 0.29) is 0 Å². The first-order chi connectivity index (χ1) is 7.27. The summed E-state index contributed by atoms with van der Waals surface area (Å²) in [5.74, 6) is -0.798. The van der Waals surface area contributed by atoms with E-state index in [4.69, 9.17) is 5.11 Å². The zero-order chi connectivity index (χ0) is 10.7. The third-order valence-electron chi connectivity index (χ3n) is 2.89. The Morgan fingerprint density at radius 2 is 2.00 bits per heavy atom. The summed E-state index contributed by atoms with van der Waals surface area (Å²) in [6, 6.07) is 9.16. The van der Waals surface area contributed by atoms with Crippen molar-refractivity contribution in [2.45, 2.75) is 31.3 Å². The van der Waals surface area contributed by atoms with E-state index in [2.05, 4.69) is 5.32 Å². The maximum atomic E-state index is 11.1. The van der Waals surface area contributed by atoms with Gasteiger partial charge in [-0.25, -0.2) is 0 Å². The molecular weight excluding hydrogens is 190 g/mol. The molecule has 15 heavy (non-hydrogen) atoms. The van der Waals surface area contributed by atoms with Crippen LogP contribution >= 0.6 is 0 Å². The molecule has 1 aromatic rings. The number of carbonyl (C=O) groups is 1. The third kappa shape index (κ3) is 2.36. The summed E-state index contributed by atoms with van der Waals surface area (Å²) in [7, 11) is 0. The van der Waals surface area contributed by atoms with Crippen LogP contribution in [0.15, 0.2) is 30.3 Å². The number of hydrogen-bond donors (Lipinski definition) is 2. The first kappa shape index (κ1) is 10.2. The van der Waals surface area contributed by atoms with Gasteiger partial charge in [-0.1, -0.05) is 36.8 Å². The van der Waals surface area contributed by atoms with Gasteiger partial charge in [0, 0.05) is 6.04 Å². The van der Waals surface area contributed by atoms with Crippen molar-refractivity contribution in [2.75, 3.05) is 0 Å². The molecule has 1 aliphatic rings. The molecule has 1 fully saturated rings. The Hall–Kier alpha value is -1.35. The largest absolute Gasteiger partial charge is 0.480 e. The zero-order valence-electron chi connectivity index (χ0n) is 8.52. The average molecular weight is 205 g/mol. The Balaban J connectivity index is 2.08. The lowest BCUT2D eigenvalue weighted by molar-refractivity contribution is -0.140. The van der Waals surface area contributed by atoms with Crippen LogP contribution in [0, 0.1) is 0 Å². The molecule has 3 nitrogen and oxygen atoms in total. The normalized spacial score (nSPS) is 18.1. The molecule has 0 saturated heterocycles. The lowest BCUT2D eigenvalue weighted by Gasteiger charge is -2.29. The number of hydrogen-bond acceptors (Lipinski definition) is 2. The number of nitrogens with one attached hydrogen (secondary N) is 1. The van der Waals surface area contributed by atoms with E-state index in [9.17, 15) is 4.79 Å². The SMILES string of the molecule is O=C(O)C(NC1CCC1)c1ccccc1. The molecule has 0 bridgehead atoms. The fraction of sp³-hybridized carbons (Fsp3) is 0.417. The molecule has 1 aliphatic carbocycles. The smallest absolute Gasteiger partial charge is 0.325 e. The van der Waals surface area contributed by atoms with Gasteiger partial charge in [0.25, 0.3) is 0 Å². The minimum absolute atomic E-state index is 0.381. The standard InChI is InChI=1S/C12H15NO2/c14-12(15)11(13-10-7-4-8-10)9-5-2-1-3-6-9/h1-3,5-6,10-11,13H,4,7-8H2,(H,14,15). The number of carboxylic acids is 1. The average Bonchev–Trinajstić information content (AvgIpc) is 2.17. The molecule has 1 atom stereocenters. The number of rotatable bonds is 4. The van der Waals surface area contributed by atoms with Crippen LogP contribution in [0.3, 0.4) is 0 Å². The van der Waals surface area contributed by atoms with Gasteiger partial charge in [-0.05, 0) is 18.4 Å². The van der Waals surface area contributed by atoms with E-state index in [1.165, 1.54) is 6.42 Å². The van der Waals surface area contributed by atoms with Gasteiger partial charge in [0.1, 0.15) is 6.04 Å². The molecular formula is C12H15NO2. The Morgan fingerprint density at radius 1 is 1.33 bits per heavy atom. The summed E-state index contributed by atoms with van der Waals surface area (Å²) in [5, 5.41) is 12.3. The van der Waals surface area contributed by atoms with Crippen LogP contribution in [-0.4, -0.2) is 17.1 Å². The van der Waals surface area contributed by atoms with Crippen LogP contribution < -0.4 is 5.32 Å². The molecule has 2 N–H and O–H groups in total. The van der Waals surface area contributed by atoms with Crippen molar-refractivity contribution in [3.8, 4) is 0 Å². The van der Waals surface area contributed by atoms with Gasteiger partial charge in [0.05, 0.1) is 0 Å². The summed E-state index contributed by atoms with van der Waals surface area (Å²) in [6.45, 7) is 0. The van der Waals surface area contributed by atoms with Crippen molar-refractivity contribution in [2.24, 2.45) is 0 Å². The molecule has 3 heteroatoms. The van der Waals surface area contributed by atoms with Crippen LogP contribution in [0.25, 0.3) is 0 Å². The first-order valence-electron chi connectivity index (χ1n) is 5.31. The predicted molar refractivity (Wildman–Crippen MR) is 57.6 cm³/mol. The number of aliphatic carboxylic acids is 1. The van der Waals surface area contributed by atoms with Gasteiger partial charge in [-0.2, -0.15) is 0 Å². The van der Waals surface area contributed by atoms with E-state index in [1.54, 1.807) is 0 Å². The van der Waals surface area contributed by atoms with Crippen molar-refractivity contribution in [3.63, 3.8) is 0 Å². The summed E-state index contributed by atoms with van der Waals surface area (Å²) in [6.07, 6.45) is 3.39. The fourth-order valence-corrected chi connectivity index (χ4v) is 1.77. The summed E-state index contributed by atoms with van der Waals surface area (Å²) >= 11 is 0. The molecule has 0 radical (unpaired) electrons. The van der Waals surface area contributed by atoms with Crippen LogP contribution in [-0.2, 0) is 4.79 Å². The Labute approximate surface area is 89.1 Å². The van der Waals surface area contributed by atoms with Gasteiger partial charge in [-0.15, -0.1) is 0 Å². The highest BCUT2D eigenvalue weighted by Crippen LogP contribution is 2.23. The Bertz CT molecular complexity index is 333. The maximum absolute atomic E-state index is 11.1. The highest BCUT2D eigenvalue weighted by molar-refractivity contribution is 5.75. The van der Waals surface area contributed by atoms with Crippen molar-refractivity contribution >= 4 is 5.97 Å². The third-order valence-corrected chi connectivity index (χ3v) is 2.89. The maximum Gasteiger partial charge on any atom is 0.325 e. The Kier molecular flexibility index (Phi) is 3.02. The molecule has 0 aliphatic heterocycles. The monoisotopic (exact) mass is 205 g/mol. The molecule has 2 rings (SSSR count). The lowest BCUT2D eigenvalue weighted by atomic mass is 9.91. The molecule has 0 aromatic heterocycles. The second kappa shape index (κ2) is 4.45. The van der Waals surface area contributed by atoms with E-state index < -0.39 is 12.0 Å². The van der Waals surface area contributed by atoms with E-state index in [0.717, 1.165) is 18.4 Å². The fourth-order valence-electron chi connectivity index (χ4n) is 1.77. The molecule has 1 saturated carbocycles. The first-order valence-corrected chi connectivity index (χ1v) is 5.31. The van der Waals surface area contributed by atoms with E-state index >= 15 is 0 Å². The van der Waals surface area contributed by atoms with Crippen LogP contribution in [0.4, 0.5) is 0 Å². The van der Waals surface area contributed by atoms with Gasteiger partial charge < -0.3 is 5.11 Å². The molecule has 80 valence electrons. The molecule has 1 unspecified atom stereocenters. The minimum atomic E-state index is -0.798. The van der Waals surface area contributed by atoms with Crippen molar-refractivity contribution < 1.29 is 9.90 Å². The quantitative estimate of drug-likeness (QED) is 0.790. The number of carboxylic acid groups (broad SMARTS) is 1. The summed E-state index contributed by atoms with van der Waals surface area (Å²) in [4.78, 5) is 11.1. The molecule has 1 aromatic carbocycles. The topological polar surface area (TPSA) is 49.3 Å². The molecule has 0 heterocycles. The van der Waals surface area contributed by atoms with Gasteiger partial charge in [0.15, 0.2) is 0 Å². The van der Waals surface area contributed by atoms with Crippen LogP contribution in [0.2, 0.25) is 0 Å². The highest BCUT2D eigenvalue weighted by atomic mass is 16.4. The van der Waals surface area contributed by atoms with E-state index in [1.807, 2.05) is 30.3 Å². The predicted octanol–water partition coefficient (Wildman–Crippen LogP) is 1.95. The van der Waals surface area contributed by atoms with Crippen molar-refractivity contribution in [3.05, 3.63) is 35.9 Å². The highest BCUT2D eigenvalue weighted by Gasteiger charge is 2.26. The Morgan fingerprint density at radius 3 is 2.47 bits per heavy atom. The van der Waals surface area contributed by atoms with Crippen LogP contribution in [0.5, 0.6) is 0 Å². The lowest BCUT2D eigenvalue weighted by Crippen LogP contribution is -2.40. The van der Waals surface area contributed by atoms with Crippen molar-refractivity contribution in [1.29, 1.82) is 0 Å². The minimum Gasteiger partial charge on any atom is -0.480 e.